The van der Waals surface area contributed by atoms with Gasteiger partial charge in [-0.25, -0.2) is 0 Å². The molecule has 0 aromatic carbocycles. The SMILES string of the molecule is CC1(C)CC(CC=O)C(C)(C)O1. The van der Waals surface area contributed by atoms with E-state index in [4.69, 9.17) is 4.74 Å². The summed E-state index contributed by atoms with van der Waals surface area (Å²) in [5, 5.41) is 0. The maximum Gasteiger partial charge on any atom is 0.120 e. The summed E-state index contributed by atoms with van der Waals surface area (Å²) in [6.45, 7) is 8.30. The summed E-state index contributed by atoms with van der Waals surface area (Å²) in [7, 11) is 0. The zero-order valence-electron chi connectivity index (χ0n) is 8.39. The molecule has 0 saturated carbocycles. The van der Waals surface area contributed by atoms with Gasteiger partial charge in [-0.1, -0.05) is 0 Å². The maximum absolute atomic E-state index is 10.4. The first-order chi connectivity index (χ1) is 5.37. The fourth-order valence-corrected chi connectivity index (χ4v) is 2.16. The fraction of sp³-hybridized carbons (Fsp3) is 0.900. The van der Waals surface area contributed by atoms with Gasteiger partial charge in [0.2, 0.25) is 0 Å². The van der Waals surface area contributed by atoms with Gasteiger partial charge in [0.05, 0.1) is 11.2 Å². The number of hydrogen-bond donors (Lipinski definition) is 0. The molecule has 70 valence electrons. The lowest BCUT2D eigenvalue weighted by Gasteiger charge is -2.26. The van der Waals surface area contributed by atoms with Crippen LogP contribution in [0.25, 0.3) is 0 Å². The Morgan fingerprint density at radius 2 is 2.00 bits per heavy atom. The van der Waals surface area contributed by atoms with E-state index in [1.807, 2.05) is 0 Å². The molecule has 1 fully saturated rings. The second-order valence-corrected chi connectivity index (χ2v) is 4.77. The minimum Gasteiger partial charge on any atom is -0.369 e. The van der Waals surface area contributed by atoms with Crippen LogP contribution in [0.2, 0.25) is 0 Å². The molecule has 0 aromatic heterocycles. The summed E-state index contributed by atoms with van der Waals surface area (Å²) in [6.07, 6.45) is 2.60. The Hall–Kier alpha value is -0.370. The van der Waals surface area contributed by atoms with Crippen molar-refractivity contribution in [2.45, 2.75) is 51.7 Å². The Bertz CT molecular complexity index is 182. The summed E-state index contributed by atoms with van der Waals surface area (Å²) in [6, 6.07) is 0. The van der Waals surface area contributed by atoms with E-state index in [-0.39, 0.29) is 11.2 Å². The van der Waals surface area contributed by atoms with Crippen LogP contribution in [0.15, 0.2) is 0 Å². The van der Waals surface area contributed by atoms with E-state index in [1.54, 1.807) is 0 Å². The van der Waals surface area contributed by atoms with Crippen LogP contribution in [0.3, 0.4) is 0 Å². The van der Waals surface area contributed by atoms with Crippen molar-refractivity contribution < 1.29 is 9.53 Å². The molecule has 1 unspecified atom stereocenters. The van der Waals surface area contributed by atoms with Crippen molar-refractivity contribution in [3.05, 3.63) is 0 Å². The summed E-state index contributed by atoms with van der Waals surface area (Å²) in [5.74, 6) is 0.380. The van der Waals surface area contributed by atoms with Crippen molar-refractivity contribution >= 4 is 6.29 Å². The lowest BCUT2D eigenvalue weighted by Crippen LogP contribution is -2.29. The summed E-state index contributed by atoms with van der Waals surface area (Å²) in [5.41, 5.74) is -0.193. The molecule has 2 nitrogen and oxygen atoms in total. The van der Waals surface area contributed by atoms with E-state index in [9.17, 15) is 4.79 Å². The second-order valence-electron chi connectivity index (χ2n) is 4.77. The number of aldehydes is 1. The number of carbonyl (C=O) groups excluding carboxylic acids is 1. The largest absolute Gasteiger partial charge is 0.369 e. The molecule has 1 aliphatic heterocycles. The average molecular weight is 170 g/mol. The Labute approximate surface area is 74.3 Å². The Morgan fingerprint density at radius 1 is 1.42 bits per heavy atom. The number of carbonyl (C=O) groups is 1. The molecule has 1 aliphatic rings. The van der Waals surface area contributed by atoms with Crippen molar-refractivity contribution in [2.75, 3.05) is 0 Å². The number of hydrogen-bond acceptors (Lipinski definition) is 2. The van der Waals surface area contributed by atoms with E-state index in [2.05, 4.69) is 27.7 Å². The zero-order valence-corrected chi connectivity index (χ0v) is 8.39. The lowest BCUT2D eigenvalue weighted by atomic mass is 9.85. The van der Waals surface area contributed by atoms with Gasteiger partial charge in [-0.15, -0.1) is 0 Å². The minimum atomic E-state index is -0.135. The molecule has 0 bridgehead atoms. The molecule has 0 aliphatic carbocycles. The third-order valence-corrected chi connectivity index (χ3v) is 2.64. The van der Waals surface area contributed by atoms with Crippen molar-refractivity contribution in [1.29, 1.82) is 0 Å². The monoisotopic (exact) mass is 170 g/mol. The van der Waals surface area contributed by atoms with Crippen LogP contribution in [0.5, 0.6) is 0 Å². The summed E-state index contributed by atoms with van der Waals surface area (Å²) in [4.78, 5) is 10.4. The molecule has 1 rings (SSSR count). The van der Waals surface area contributed by atoms with Gasteiger partial charge in [0.25, 0.3) is 0 Å². The first-order valence-corrected chi connectivity index (χ1v) is 4.51. The molecule has 0 radical (unpaired) electrons. The van der Waals surface area contributed by atoms with Gasteiger partial charge in [-0.2, -0.15) is 0 Å². The maximum atomic E-state index is 10.4. The average Bonchev–Trinajstić information content (AvgIpc) is 2.01. The van der Waals surface area contributed by atoms with Gasteiger partial charge in [0, 0.05) is 6.42 Å². The van der Waals surface area contributed by atoms with Gasteiger partial charge >= 0.3 is 0 Å². The van der Waals surface area contributed by atoms with Crippen LogP contribution in [-0.2, 0) is 9.53 Å². The minimum absolute atomic E-state index is 0.0584. The van der Waals surface area contributed by atoms with Crippen molar-refractivity contribution in [3.63, 3.8) is 0 Å². The molecule has 1 atom stereocenters. The smallest absolute Gasteiger partial charge is 0.120 e. The van der Waals surface area contributed by atoms with Crippen LogP contribution < -0.4 is 0 Å². The quantitative estimate of drug-likeness (QED) is 0.594. The lowest BCUT2D eigenvalue weighted by molar-refractivity contribution is -0.111. The normalized spacial score (nSPS) is 31.8. The van der Waals surface area contributed by atoms with Crippen molar-refractivity contribution in [2.24, 2.45) is 5.92 Å². The van der Waals surface area contributed by atoms with E-state index >= 15 is 0 Å². The van der Waals surface area contributed by atoms with Crippen LogP contribution >= 0.6 is 0 Å². The molecular formula is C10H18O2. The highest BCUT2D eigenvalue weighted by Gasteiger charge is 2.45. The fourth-order valence-electron chi connectivity index (χ4n) is 2.16. The van der Waals surface area contributed by atoms with Crippen LogP contribution in [0.4, 0.5) is 0 Å². The predicted molar refractivity (Wildman–Crippen MR) is 48.0 cm³/mol. The predicted octanol–water partition coefficient (Wildman–Crippen LogP) is 2.17. The standard InChI is InChI=1S/C10H18O2/c1-9(2)7-8(5-6-11)10(3,4)12-9/h6,8H,5,7H2,1-4H3. The molecule has 0 amide bonds. The Balaban J connectivity index is 2.70. The van der Waals surface area contributed by atoms with Gasteiger partial charge < -0.3 is 9.53 Å². The molecule has 1 heterocycles. The number of rotatable bonds is 2. The highest BCUT2D eigenvalue weighted by Crippen LogP contribution is 2.42. The molecule has 0 spiro atoms. The molecule has 0 aromatic rings. The van der Waals surface area contributed by atoms with E-state index in [0.29, 0.717) is 12.3 Å². The highest BCUT2D eigenvalue weighted by atomic mass is 16.5. The summed E-state index contributed by atoms with van der Waals surface area (Å²) >= 11 is 0. The van der Waals surface area contributed by atoms with Gasteiger partial charge in [0.1, 0.15) is 6.29 Å². The molecule has 2 heteroatoms. The third kappa shape index (κ3) is 1.86. The van der Waals surface area contributed by atoms with Crippen molar-refractivity contribution in [1.82, 2.24) is 0 Å². The first kappa shape index (κ1) is 9.72. The molecular weight excluding hydrogens is 152 g/mol. The summed E-state index contributed by atoms with van der Waals surface area (Å²) < 4.78 is 5.84. The zero-order chi connectivity index (χ0) is 9.41. The molecule has 1 saturated heterocycles. The van der Waals surface area contributed by atoms with Gasteiger partial charge in [0.15, 0.2) is 0 Å². The number of ether oxygens (including phenoxy) is 1. The van der Waals surface area contributed by atoms with E-state index in [1.165, 1.54) is 0 Å². The Kier molecular flexibility index (Phi) is 2.30. The van der Waals surface area contributed by atoms with Gasteiger partial charge in [-0.05, 0) is 40.0 Å². The van der Waals surface area contributed by atoms with Gasteiger partial charge in [-0.3, -0.25) is 0 Å². The molecule has 0 N–H and O–H groups in total. The van der Waals surface area contributed by atoms with E-state index in [0.717, 1.165) is 12.7 Å². The van der Waals surface area contributed by atoms with Crippen molar-refractivity contribution in [3.8, 4) is 0 Å². The third-order valence-electron chi connectivity index (χ3n) is 2.64. The van der Waals surface area contributed by atoms with Crippen LogP contribution in [0.1, 0.15) is 40.5 Å². The highest BCUT2D eigenvalue weighted by molar-refractivity contribution is 5.50. The van der Waals surface area contributed by atoms with Crippen LogP contribution in [-0.4, -0.2) is 17.5 Å². The topological polar surface area (TPSA) is 26.3 Å². The van der Waals surface area contributed by atoms with E-state index < -0.39 is 0 Å². The second kappa shape index (κ2) is 2.84. The molecule has 12 heavy (non-hydrogen) atoms. The van der Waals surface area contributed by atoms with Crippen LogP contribution in [0, 0.1) is 5.92 Å². The first-order valence-electron chi connectivity index (χ1n) is 4.51. The Morgan fingerprint density at radius 3 is 2.33 bits per heavy atom.